The molecule has 0 N–H and O–H groups in total. The third-order valence-corrected chi connectivity index (χ3v) is 4.36. The van der Waals surface area contributed by atoms with E-state index in [9.17, 15) is 14.4 Å². The molecule has 0 aliphatic heterocycles. The maximum Gasteiger partial charge on any atom is 0.338 e. The molecular formula is C23H26O6. The molecule has 0 fully saturated rings. The van der Waals surface area contributed by atoms with Gasteiger partial charge in [-0.25, -0.2) is 9.59 Å². The molecule has 0 spiro atoms. The monoisotopic (exact) mass is 398 g/mol. The first kappa shape index (κ1) is 22.1. The Morgan fingerprint density at radius 2 is 1.52 bits per heavy atom. The Hall–Kier alpha value is -3.15. The molecule has 0 saturated carbocycles. The lowest BCUT2D eigenvalue weighted by atomic mass is 10.0. The van der Waals surface area contributed by atoms with E-state index < -0.39 is 18.0 Å². The van der Waals surface area contributed by atoms with Gasteiger partial charge in [-0.3, -0.25) is 4.79 Å². The van der Waals surface area contributed by atoms with Gasteiger partial charge in [-0.2, -0.15) is 0 Å². The number of unbranched alkanes of at least 4 members (excludes halogenated alkanes) is 1. The van der Waals surface area contributed by atoms with Crippen LogP contribution in [0.1, 0.15) is 65.0 Å². The number of hydrogen-bond donors (Lipinski definition) is 0. The second-order valence-electron chi connectivity index (χ2n) is 6.42. The highest BCUT2D eigenvalue weighted by molar-refractivity contribution is 5.90. The van der Waals surface area contributed by atoms with E-state index in [0.717, 1.165) is 5.56 Å². The van der Waals surface area contributed by atoms with Crippen LogP contribution in [-0.2, 0) is 19.0 Å². The molecule has 0 saturated heterocycles. The van der Waals surface area contributed by atoms with Gasteiger partial charge >= 0.3 is 17.9 Å². The van der Waals surface area contributed by atoms with Crippen molar-refractivity contribution in [2.45, 2.75) is 38.7 Å². The highest BCUT2D eigenvalue weighted by Gasteiger charge is 2.19. The van der Waals surface area contributed by atoms with E-state index in [2.05, 4.69) is 0 Å². The van der Waals surface area contributed by atoms with Crippen molar-refractivity contribution in [1.29, 1.82) is 0 Å². The second kappa shape index (κ2) is 11.6. The zero-order valence-electron chi connectivity index (χ0n) is 16.8. The van der Waals surface area contributed by atoms with Gasteiger partial charge < -0.3 is 14.2 Å². The first-order valence-corrected chi connectivity index (χ1v) is 9.65. The molecule has 2 rings (SSSR count). The van der Waals surface area contributed by atoms with Gasteiger partial charge in [0.05, 0.1) is 24.8 Å². The van der Waals surface area contributed by atoms with Crippen LogP contribution < -0.4 is 0 Å². The van der Waals surface area contributed by atoms with Gasteiger partial charge in [0, 0.05) is 6.42 Å². The quantitative estimate of drug-likeness (QED) is 0.333. The molecule has 0 heterocycles. The molecule has 0 aliphatic carbocycles. The van der Waals surface area contributed by atoms with Crippen molar-refractivity contribution >= 4 is 17.9 Å². The van der Waals surface area contributed by atoms with Crippen molar-refractivity contribution in [2.24, 2.45) is 0 Å². The normalized spacial score (nSPS) is 11.4. The molecule has 0 bridgehead atoms. The smallest absolute Gasteiger partial charge is 0.338 e. The van der Waals surface area contributed by atoms with Crippen molar-refractivity contribution < 1.29 is 28.6 Å². The number of benzene rings is 2. The Balaban J connectivity index is 2.06. The summed E-state index contributed by atoms with van der Waals surface area (Å²) < 4.78 is 15.4. The first-order chi connectivity index (χ1) is 14.0. The number of methoxy groups -OCH3 is 1. The van der Waals surface area contributed by atoms with Crippen LogP contribution in [0.15, 0.2) is 54.6 Å². The number of carbonyl (C=O) groups is 3. The molecule has 29 heavy (non-hydrogen) atoms. The van der Waals surface area contributed by atoms with Crippen molar-refractivity contribution in [3.05, 3.63) is 71.3 Å². The zero-order valence-corrected chi connectivity index (χ0v) is 16.8. The minimum Gasteiger partial charge on any atom is -0.466 e. The Morgan fingerprint density at radius 1 is 0.862 bits per heavy atom. The van der Waals surface area contributed by atoms with Gasteiger partial charge in [-0.15, -0.1) is 0 Å². The van der Waals surface area contributed by atoms with Crippen molar-refractivity contribution in [3.63, 3.8) is 0 Å². The maximum absolute atomic E-state index is 12.5. The van der Waals surface area contributed by atoms with E-state index in [0.29, 0.717) is 43.4 Å². The lowest BCUT2D eigenvalue weighted by Gasteiger charge is -2.19. The summed E-state index contributed by atoms with van der Waals surface area (Å²) in [6.07, 6.45) is 1.71. The van der Waals surface area contributed by atoms with Crippen LogP contribution >= 0.6 is 0 Å². The van der Waals surface area contributed by atoms with Crippen molar-refractivity contribution in [1.82, 2.24) is 0 Å². The molecule has 0 aromatic heterocycles. The predicted octanol–water partition coefficient (Wildman–Crippen LogP) is 4.49. The van der Waals surface area contributed by atoms with E-state index in [1.54, 1.807) is 55.5 Å². The standard InChI is InChI=1S/C23H26O6/c1-3-28-21(24)12-8-7-11-20(29-23(26)18-9-5-4-6-10-18)17-13-15-19(16-14-17)22(25)27-2/h4-6,9-10,13-16,20H,3,7-8,11-12H2,1-2H3. The fourth-order valence-corrected chi connectivity index (χ4v) is 2.85. The summed E-state index contributed by atoms with van der Waals surface area (Å²) in [4.78, 5) is 35.6. The van der Waals surface area contributed by atoms with Gasteiger partial charge in [0.25, 0.3) is 0 Å². The fourth-order valence-electron chi connectivity index (χ4n) is 2.85. The SMILES string of the molecule is CCOC(=O)CCCCC(OC(=O)c1ccccc1)c1ccc(C(=O)OC)cc1. The number of esters is 3. The molecule has 154 valence electrons. The van der Waals surface area contributed by atoms with Crippen LogP contribution in [-0.4, -0.2) is 31.6 Å². The van der Waals surface area contributed by atoms with Crippen molar-refractivity contribution in [3.8, 4) is 0 Å². The second-order valence-corrected chi connectivity index (χ2v) is 6.42. The summed E-state index contributed by atoms with van der Waals surface area (Å²) in [5.41, 5.74) is 1.67. The summed E-state index contributed by atoms with van der Waals surface area (Å²) in [5.74, 6) is -1.07. The lowest BCUT2D eigenvalue weighted by molar-refractivity contribution is -0.143. The largest absolute Gasteiger partial charge is 0.466 e. The van der Waals surface area contributed by atoms with Crippen LogP contribution in [0.4, 0.5) is 0 Å². The van der Waals surface area contributed by atoms with Gasteiger partial charge in [-0.1, -0.05) is 30.3 Å². The molecule has 0 aliphatic rings. The molecule has 6 heteroatoms. The molecule has 0 amide bonds. The number of ether oxygens (including phenoxy) is 3. The van der Waals surface area contributed by atoms with E-state index in [-0.39, 0.29) is 5.97 Å². The summed E-state index contributed by atoms with van der Waals surface area (Å²) in [7, 11) is 1.32. The Kier molecular flexibility index (Phi) is 8.89. The average molecular weight is 398 g/mol. The molecule has 6 nitrogen and oxygen atoms in total. The third-order valence-electron chi connectivity index (χ3n) is 4.36. The minimum atomic E-state index is -0.489. The number of carbonyl (C=O) groups excluding carboxylic acids is 3. The van der Waals surface area contributed by atoms with E-state index in [4.69, 9.17) is 14.2 Å². The summed E-state index contributed by atoms with van der Waals surface area (Å²) in [6.45, 7) is 2.14. The third kappa shape index (κ3) is 7.07. The average Bonchev–Trinajstić information content (AvgIpc) is 2.76. The Bertz CT molecular complexity index is 798. The number of rotatable bonds is 10. The van der Waals surface area contributed by atoms with E-state index in [1.165, 1.54) is 7.11 Å². The van der Waals surface area contributed by atoms with Gasteiger partial charge in [0.2, 0.25) is 0 Å². The van der Waals surface area contributed by atoms with Gasteiger partial charge in [0.1, 0.15) is 6.10 Å². The molecule has 1 unspecified atom stereocenters. The van der Waals surface area contributed by atoms with Crippen LogP contribution in [0.2, 0.25) is 0 Å². The van der Waals surface area contributed by atoms with Crippen molar-refractivity contribution in [2.75, 3.05) is 13.7 Å². The molecule has 1 atom stereocenters. The number of hydrogen-bond acceptors (Lipinski definition) is 6. The molecular weight excluding hydrogens is 372 g/mol. The first-order valence-electron chi connectivity index (χ1n) is 9.65. The predicted molar refractivity (Wildman–Crippen MR) is 107 cm³/mol. The minimum absolute atomic E-state index is 0.229. The van der Waals surface area contributed by atoms with E-state index >= 15 is 0 Å². The maximum atomic E-state index is 12.5. The van der Waals surface area contributed by atoms with Gasteiger partial charge in [0.15, 0.2) is 0 Å². The lowest BCUT2D eigenvalue weighted by Crippen LogP contribution is -2.13. The Labute approximate surface area is 170 Å². The molecule has 2 aromatic rings. The summed E-state index contributed by atoms with van der Waals surface area (Å²) in [6, 6.07) is 15.6. The van der Waals surface area contributed by atoms with Crippen LogP contribution in [0.25, 0.3) is 0 Å². The van der Waals surface area contributed by atoms with Crippen LogP contribution in [0.5, 0.6) is 0 Å². The Morgan fingerprint density at radius 3 is 2.14 bits per heavy atom. The van der Waals surface area contributed by atoms with E-state index in [1.807, 2.05) is 6.07 Å². The molecule has 2 aromatic carbocycles. The molecule has 0 radical (unpaired) electrons. The zero-order chi connectivity index (χ0) is 21.1. The summed E-state index contributed by atoms with van der Waals surface area (Å²) in [5, 5.41) is 0. The highest BCUT2D eigenvalue weighted by Crippen LogP contribution is 2.26. The topological polar surface area (TPSA) is 78.9 Å². The highest BCUT2D eigenvalue weighted by atomic mass is 16.5. The summed E-state index contributed by atoms with van der Waals surface area (Å²) >= 11 is 0. The van der Waals surface area contributed by atoms with Crippen LogP contribution in [0, 0.1) is 0 Å². The van der Waals surface area contributed by atoms with Gasteiger partial charge in [-0.05, 0) is 56.0 Å². The fraction of sp³-hybridized carbons (Fsp3) is 0.348. The van der Waals surface area contributed by atoms with Crippen LogP contribution in [0.3, 0.4) is 0 Å².